The molecule has 0 aliphatic carbocycles. The SMILES string of the molecule is CC(C)c1noc(COCC2CCNC2)n1. The minimum absolute atomic E-state index is 0.302. The molecule has 2 heterocycles. The lowest BCUT2D eigenvalue weighted by molar-refractivity contribution is 0.0736. The minimum Gasteiger partial charge on any atom is -0.371 e. The highest BCUT2D eigenvalue weighted by molar-refractivity contribution is 4.90. The lowest BCUT2D eigenvalue weighted by Crippen LogP contribution is -2.13. The van der Waals surface area contributed by atoms with Crippen molar-refractivity contribution in [3.63, 3.8) is 0 Å². The van der Waals surface area contributed by atoms with E-state index in [0.717, 1.165) is 25.5 Å². The highest BCUT2D eigenvalue weighted by Crippen LogP contribution is 2.12. The molecule has 0 bridgehead atoms. The highest BCUT2D eigenvalue weighted by atomic mass is 16.5. The van der Waals surface area contributed by atoms with E-state index in [4.69, 9.17) is 9.26 Å². The Morgan fingerprint density at radius 1 is 1.56 bits per heavy atom. The molecule has 2 rings (SSSR count). The Bertz CT molecular complexity index is 319. The summed E-state index contributed by atoms with van der Waals surface area (Å²) in [6.07, 6.45) is 1.20. The van der Waals surface area contributed by atoms with Crippen LogP contribution in [0.25, 0.3) is 0 Å². The van der Waals surface area contributed by atoms with Gasteiger partial charge in [-0.2, -0.15) is 4.98 Å². The normalized spacial score (nSPS) is 20.8. The predicted octanol–water partition coefficient (Wildman–Crippen LogP) is 1.32. The van der Waals surface area contributed by atoms with E-state index in [1.807, 2.05) is 13.8 Å². The van der Waals surface area contributed by atoms with Gasteiger partial charge >= 0.3 is 0 Å². The van der Waals surface area contributed by atoms with E-state index in [9.17, 15) is 0 Å². The fourth-order valence-electron chi connectivity index (χ4n) is 1.73. The molecule has 5 heteroatoms. The zero-order chi connectivity index (χ0) is 11.4. The van der Waals surface area contributed by atoms with Crippen LogP contribution in [0.15, 0.2) is 4.52 Å². The van der Waals surface area contributed by atoms with Crippen LogP contribution < -0.4 is 5.32 Å². The molecule has 5 nitrogen and oxygen atoms in total. The van der Waals surface area contributed by atoms with Gasteiger partial charge in [-0.15, -0.1) is 0 Å². The third-order valence-electron chi connectivity index (χ3n) is 2.74. The van der Waals surface area contributed by atoms with Gasteiger partial charge in [-0.1, -0.05) is 19.0 Å². The fraction of sp³-hybridized carbons (Fsp3) is 0.818. The molecule has 0 saturated carbocycles. The zero-order valence-electron chi connectivity index (χ0n) is 9.90. The summed E-state index contributed by atoms with van der Waals surface area (Å²) in [4.78, 5) is 4.26. The van der Waals surface area contributed by atoms with Crippen LogP contribution >= 0.6 is 0 Å². The van der Waals surface area contributed by atoms with Crippen LogP contribution in [-0.2, 0) is 11.3 Å². The molecule has 90 valence electrons. The van der Waals surface area contributed by atoms with Crippen LogP contribution in [0.1, 0.15) is 37.9 Å². The van der Waals surface area contributed by atoms with Gasteiger partial charge in [0.15, 0.2) is 5.82 Å². The summed E-state index contributed by atoms with van der Waals surface area (Å²) in [6.45, 7) is 7.44. The first kappa shape index (κ1) is 11.5. The van der Waals surface area contributed by atoms with Crippen molar-refractivity contribution in [3.8, 4) is 0 Å². The number of hydrogen-bond donors (Lipinski definition) is 1. The molecule has 1 aromatic rings. The molecule has 1 atom stereocenters. The van der Waals surface area contributed by atoms with Gasteiger partial charge in [0.1, 0.15) is 6.61 Å². The van der Waals surface area contributed by atoms with Gasteiger partial charge in [0.05, 0.1) is 6.61 Å². The molecule has 1 aliphatic heterocycles. The topological polar surface area (TPSA) is 60.2 Å². The van der Waals surface area contributed by atoms with Crippen LogP contribution in [-0.4, -0.2) is 29.8 Å². The molecule has 1 fully saturated rings. The van der Waals surface area contributed by atoms with Crippen molar-refractivity contribution in [2.45, 2.75) is 32.8 Å². The van der Waals surface area contributed by atoms with Crippen LogP contribution in [0.5, 0.6) is 0 Å². The van der Waals surface area contributed by atoms with E-state index in [-0.39, 0.29) is 0 Å². The zero-order valence-corrected chi connectivity index (χ0v) is 9.90. The maximum atomic E-state index is 5.56. The Labute approximate surface area is 95.6 Å². The third-order valence-corrected chi connectivity index (χ3v) is 2.74. The monoisotopic (exact) mass is 225 g/mol. The number of hydrogen-bond acceptors (Lipinski definition) is 5. The second-order valence-corrected chi connectivity index (χ2v) is 4.57. The first-order chi connectivity index (χ1) is 7.75. The van der Waals surface area contributed by atoms with Gasteiger partial charge in [-0.25, -0.2) is 0 Å². The molecular weight excluding hydrogens is 206 g/mol. The van der Waals surface area contributed by atoms with Crippen LogP contribution in [0.4, 0.5) is 0 Å². The number of nitrogens with zero attached hydrogens (tertiary/aromatic N) is 2. The number of rotatable bonds is 5. The summed E-state index contributed by atoms with van der Waals surface area (Å²) in [5, 5.41) is 7.20. The molecular formula is C11H19N3O2. The maximum absolute atomic E-state index is 5.56. The van der Waals surface area contributed by atoms with Gasteiger partial charge in [0, 0.05) is 12.5 Å². The molecule has 0 aromatic carbocycles. The summed E-state index contributed by atoms with van der Waals surface area (Å²) < 4.78 is 10.6. The first-order valence-corrected chi connectivity index (χ1v) is 5.86. The van der Waals surface area contributed by atoms with Gasteiger partial charge in [-0.05, 0) is 18.9 Å². The number of aromatic nitrogens is 2. The average molecular weight is 225 g/mol. The van der Waals surface area contributed by atoms with E-state index < -0.39 is 0 Å². The Balaban J connectivity index is 1.72. The molecule has 1 aromatic heterocycles. The molecule has 1 N–H and O–H groups in total. The van der Waals surface area contributed by atoms with Crippen molar-refractivity contribution in [1.82, 2.24) is 15.5 Å². The van der Waals surface area contributed by atoms with Crippen LogP contribution in [0, 0.1) is 5.92 Å². The van der Waals surface area contributed by atoms with Gasteiger partial charge in [-0.3, -0.25) is 0 Å². The summed E-state index contributed by atoms with van der Waals surface area (Å²) in [7, 11) is 0. The molecule has 1 aliphatic rings. The Morgan fingerprint density at radius 2 is 2.44 bits per heavy atom. The number of nitrogens with one attached hydrogen (secondary N) is 1. The van der Waals surface area contributed by atoms with Crippen molar-refractivity contribution >= 4 is 0 Å². The Morgan fingerprint density at radius 3 is 3.06 bits per heavy atom. The van der Waals surface area contributed by atoms with Gasteiger partial charge in [0.25, 0.3) is 5.89 Å². The van der Waals surface area contributed by atoms with Crippen LogP contribution in [0.3, 0.4) is 0 Å². The second-order valence-electron chi connectivity index (χ2n) is 4.57. The Hall–Kier alpha value is -0.940. The minimum atomic E-state index is 0.302. The molecule has 1 unspecified atom stereocenters. The lowest BCUT2D eigenvalue weighted by atomic mass is 10.1. The van der Waals surface area contributed by atoms with Crippen molar-refractivity contribution in [2.24, 2.45) is 5.92 Å². The molecule has 0 amide bonds. The lowest BCUT2D eigenvalue weighted by Gasteiger charge is -2.06. The third kappa shape index (κ3) is 3.02. The fourth-order valence-corrected chi connectivity index (χ4v) is 1.73. The van der Waals surface area contributed by atoms with E-state index in [2.05, 4.69) is 15.5 Å². The summed E-state index contributed by atoms with van der Waals surface area (Å²) in [5.41, 5.74) is 0. The van der Waals surface area contributed by atoms with Crippen molar-refractivity contribution < 1.29 is 9.26 Å². The molecule has 16 heavy (non-hydrogen) atoms. The maximum Gasteiger partial charge on any atom is 0.252 e. The molecule has 0 radical (unpaired) electrons. The predicted molar refractivity (Wildman–Crippen MR) is 59.0 cm³/mol. The average Bonchev–Trinajstić information content (AvgIpc) is 2.87. The smallest absolute Gasteiger partial charge is 0.252 e. The standard InChI is InChI=1S/C11H19N3O2/c1-8(2)11-13-10(16-14-11)7-15-6-9-3-4-12-5-9/h8-9,12H,3-7H2,1-2H3. The van der Waals surface area contributed by atoms with E-state index >= 15 is 0 Å². The van der Waals surface area contributed by atoms with Crippen LogP contribution in [0.2, 0.25) is 0 Å². The largest absolute Gasteiger partial charge is 0.371 e. The van der Waals surface area contributed by atoms with Crippen molar-refractivity contribution in [2.75, 3.05) is 19.7 Å². The van der Waals surface area contributed by atoms with Crippen molar-refractivity contribution in [3.05, 3.63) is 11.7 Å². The summed E-state index contributed by atoms with van der Waals surface area (Å²) in [6, 6.07) is 0. The van der Waals surface area contributed by atoms with Gasteiger partial charge in [0.2, 0.25) is 0 Å². The summed E-state index contributed by atoms with van der Waals surface area (Å²) >= 11 is 0. The quantitative estimate of drug-likeness (QED) is 0.819. The summed E-state index contributed by atoms with van der Waals surface area (Å²) in [5.74, 6) is 2.26. The van der Waals surface area contributed by atoms with Gasteiger partial charge < -0.3 is 14.6 Å². The highest BCUT2D eigenvalue weighted by Gasteiger charge is 2.15. The number of ether oxygens (including phenoxy) is 1. The Kier molecular flexibility index (Phi) is 3.90. The van der Waals surface area contributed by atoms with E-state index in [1.54, 1.807) is 0 Å². The van der Waals surface area contributed by atoms with Crippen molar-refractivity contribution in [1.29, 1.82) is 0 Å². The molecule has 1 saturated heterocycles. The second kappa shape index (κ2) is 5.41. The molecule has 0 spiro atoms. The van der Waals surface area contributed by atoms with E-state index in [0.29, 0.717) is 24.3 Å². The first-order valence-electron chi connectivity index (χ1n) is 5.86. The van der Waals surface area contributed by atoms with E-state index in [1.165, 1.54) is 6.42 Å².